The van der Waals surface area contributed by atoms with Crippen molar-refractivity contribution in [3.63, 3.8) is 0 Å². The fraction of sp³-hybridized carbons (Fsp3) is 0.389. The summed E-state index contributed by atoms with van der Waals surface area (Å²) in [6.07, 6.45) is 1.13. The Hall–Kier alpha value is -2.12. The predicted molar refractivity (Wildman–Crippen MR) is 109 cm³/mol. The van der Waals surface area contributed by atoms with Crippen molar-refractivity contribution in [1.29, 1.82) is 0 Å². The third kappa shape index (κ3) is 6.65. The molecule has 8 heteroatoms. The number of amides is 1. The second-order valence-electron chi connectivity index (χ2n) is 5.76. The molecule has 1 heterocycles. The summed E-state index contributed by atoms with van der Waals surface area (Å²) in [5.74, 6) is 0.680. The summed E-state index contributed by atoms with van der Waals surface area (Å²) in [5, 5.41) is 11.0. The topological polar surface area (TPSA) is 78.4 Å². The smallest absolute Gasteiger partial charge is 0.224 e. The summed E-state index contributed by atoms with van der Waals surface area (Å²) in [5.41, 5.74) is 1.82. The van der Waals surface area contributed by atoms with Crippen LogP contribution in [0.4, 0.5) is 5.69 Å². The van der Waals surface area contributed by atoms with Crippen LogP contribution in [0.25, 0.3) is 0 Å². The van der Waals surface area contributed by atoms with Gasteiger partial charge in [0.1, 0.15) is 5.01 Å². The zero-order valence-corrected chi connectivity index (χ0v) is 16.8. The van der Waals surface area contributed by atoms with E-state index in [1.54, 1.807) is 42.6 Å². The lowest BCUT2D eigenvalue weighted by Gasteiger charge is -2.11. The van der Waals surface area contributed by atoms with E-state index in [9.17, 15) is 4.79 Å². The minimum Gasteiger partial charge on any atom is -0.356 e. The average molecular weight is 394 g/mol. The zero-order valence-electron chi connectivity index (χ0n) is 15.2. The SMILES string of the molecule is CN=C(NCCCC(=O)Nc1ccc(Cl)cc1)NCc1nc(C)c(C)s1. The average Bonchev–Trinajstić information content (AvgIpc) is 2.94. The number of nitrogens with zero attached hydrogens (tertiary/aromatic N) is 2. The van der Waals surface area contributed by atoms with Crippen molar-refractivity contribution in [1.82, 2.24) is 15.6 Å². The van der Waals surface area contributed by atoms with Gasteiger partial charge in [-0.3, -0.25) is 9.79 Å². The normalized spacial score (nSPS) is 11.3. The Morgan fingerprint density at radius 1 is 1.23 bits per heavy atom. The van der Waals surface area contributed by atoms with Gasteiger partial charge in [0.15, 0.2) is 5.96 Å². The quantitative estimate of drug-likeness (QED) is 0.382. The fourth-order valence-corrected chi connectivity index (χ4v) is 3.21. The summed E-state index contributed by atoms with van der Waals surface area (Å²) >= 11 is 7.51. The number of aryl methyl sites for hydroxylation is 2. The van der Waals surface area contributed by atoms with Crippen LogP contribution in [0.2, 0.25) is 5.02 Å². The van der Waals surface area contributed by atoms with Gasteiger partial charge in [-0.1, -0.05) is 11.6 Å². The minimum absolute atomic E-state index is 0.0224. The van der Waals surface area contributed by atoms with Crippen LogP contribution in [0.3, 0.4) is 0 Å². The number of aromatic nitrogens is 1. The number of guanidine groups is 1. The molecule has 1 aromatic carbocycles. The van der Waals surface area contributed by atoms with Crippen LogP contribution in [-0.2, 0) is 11.3 Å². The molecule has 3 N–H and O–H groups in total. The van der Waals surface area contributed by atoms with Gasteiger partial charge in [0, 0.05) is 35.6 Å². The second kappa shape index (κ2) is 10.1. The maximum Gasteiger partial charge on any atom is 0.224 e. The standard InChI is InChI=1S/C18H24ClN5OS/c1-12-13(2)26-17(23-12)11-22-18(20-3)21-10-4-5-16(25)24-15-8-6-14(19)7-9-15/h6-9H,4-5,10-11H2,1-3H3,(H,24,25)(H2,20,21,22). The molecule has 0 atom stereocenters. The Balaban J connectivity index is 1.65. The summed E-state index contributed by atoms with van der Waals surface area (Å²) in [4.78, 5) is 21.8. The summed E-state index contributed by atoms with van der Waals surface area (Å²) < 4.78 is 0. The van der Waals surface area contributed by atoms with Crippen LogP contribution in [0.15, 0.2) is 29.3 Å². The fourth-order valence-electron chi connectivity index (χ4n) is 2.21. The Morgan fingerprint density at radius 2 is 1.96 bits per heavy atom. The predicted octanol–water partition coefficient (Wildman–Crippen LogP) is 3.50. The number of rotatable bonds is 7. The number of nitrogens with one attached hydrogen (secondary N) is 3. The first kappa shape index (κ1) is 20.2. The Bertz CT molecular complexity index is 738. The lowest BCUT2D eigenvalue weighted by molar-refractivity contribution is -0.116. The van der Waals surface area contributed by atoms with E-state index in [4.69, 9.17) is 11.6 Å². The molecule has 0 radical (unpaired) electrons. The number of carbonyl (C=O) groups excluding carboxylic acids is 1. The summed E-state index contributed by atoms with van der Waals surface area (Å²) in [7, 11) is 1.72. The maximum atomic E-state index is 11.9. The molecule has 2 rings (SSSR count). The minimum atomic E-state index is -0.0224. The molecular weight excluding hydrogens is 370 g/mol. The highest BCUT2D eigenvalue weighted by Gasteiger charge is 2.06. The largest absolute Gasteiger partial charge is 0.356 e. The van der Waals surface area contributed by atoms with Crippen molar-refractivity contribution in [2.75, 3.05) is 18.9 Å². The van der Waals surface area contributed by atoms with Gasteiger partial charge in [-0.2, -0.15) is 0 Å². The Labute approximate surface area is 163 Å². The first-order chi connectivity index (χ1) is 12.5. The van der Waals surface area contributed by atoms with Crippen molar-refractivity contribution in [2.45, 2.75) is 33.2 Å². The number of halogens is 1. The van der Waals surface area contributed by atoms with Gasteiger partial charge in [0.2, 0.25) is 5.91 Å². The van der Waals surface area contributed by atoms with E-state index < -0.39 is 0 Å². The van der Waals surface area contributed by atoms with Crippen LogP contribution < -0.4 is 16.0 Å². The zero-order chi connectivity index (χ0) is 18.9. The van der Waals surface area contributed by atoms with E-state index in [-0.39, 0.29) is 5.91 Å². The van der Waals surface area contributed by atoms with Gasteiger partial charge in [-0.25, -0.2) is 4.98 Å². The number of aliphatic imine (C=N–C) groups is 1. The molecule has 0 aliphatic heterocycles. The first-order valence-corrected chi connectivity index (χ1v) is 9.60. The molecule has 1 amide bonds. The molecule has 26 heavy (non-hydrogen) atoms. The van der Waals surface area contributed by atoms with Gasteiger partial charge in [-0.05, 0) is 44.5 Å². The van der Waals surface area contributed by atoms with Crippen molar-refractivity contribution < 1.29 is 4.79 Å². The highest BCUT2D eigenvalue weighted by Crippen LogP contribution is 2.16. The highest BCUT2D eigenvalue weighted by atomic mass is 35.5. The van der Waals surface area contributed by atoms with E-state index in [0.717, 1.165) is 16.4 Å². The van der Waals surface area contributed by atoms with Crippen molar-refractivity contribution in [2.24, 2.45) is 4.99 Å². The summed E-state index contributed by atoms with van der Waals surface area (Å²) in [6.45, 7) is 5.37. The Morgan fingerprint density at radius 3 is 2.58 bits per heavy atom. The maximum absolute atomic E-state index is 11.9. The molecule has 6 nitrogen and oxygen atoms in total. The molecule has 0 unspecified atom stereocenters. The lowest BCUT2D eigenvalue weighted by atomic mass is 10.2. The van der Waals surface area contributed by atoms with Gasteiger partial charge < -0.3 is 16.0 Å². The number of benzene rings is 1. The van der Waals surface area contributed by atoms with E-state index in [0.29, 0.717) is 36.9 Å². The van der Waals surface area contributed by atoms with E-state index in [1.807, 2.05) is 6.92 Å². The molecule has 140 valence electrons. The second-order valence-corrected chi connectivity index (χ2v) is 7.48. The van der Waals surface area contributed by atoms with E-state index in [1.165, 1.54) is 4.88 Å². The van der Waals surface area contributed by atoms with Crippen LogP contribution in [-0.4, -0.2) is 30.4 Å². The highest BCUT2D eigenvalue weighted by molar-refractivity contribution is 7.11. The molecular formula is C18H24ClN5OS. The van der Waals surface area contributed by atoms with Crippen molar-refractivity contribution >= 4 is 40.5 Å². The van der Waals surface area contributed by atoms with E-state index in [2.05, 4.69) is 32.9 Å². The number of carbonyl (C=O) groups is 1. The molecule has 0 aliphatic rings. The van der Waals surface area contributed by atoms with Gasteiger partial charge in [-0.15, -0.1) is 11.3 Å². The van der Waals surface area contributed by atoms with Crippen LogP contribution in [0.1, 0.15) is 28.4 Å². The molecule has 0 saturated carbocycles. The third-order valence-electron chi connectivity index (χ3n) is 3.70. The number of anilines is 1. The van der Waals surface area contributed by atoms with Crippen LogP contribution >= 0.6 is 22.9 Å². The molecule has 0 spiro atoms. The Kier molecular flexibility index (Phi) is 7.87. The van der Waals surface area contributed by atoms with E-state index >= 15 is 0 Å². The molecule has 2 aromatic rings. The molecule has 0 saturated heterocycles. The first-order valence-electron chi connectivity index (χ1n) is 8.40. The number of thiazole rings is 1. The van der Waals surface area contributed by atoms with Crippen molar-refractivity contribution in [3.05, 3.63) is 44.9 Å². The summed E-state index contributed by atoms with van der Waals surface area (Å²) in [6, 6.07) is 7.07. The van der Waals surface area contributed by atoms with Crippen LogP contribution in [0, 0.1) is 13.8 Å². The van der Waals surface area contributed by atoms with Gasteiger partial charge in [0.05, 0.1) is 12.2 Å². The molecule has 0 fully saturated rings. The lowest BCUT2D eigenvalue weighted by Crippen LogP contribution is -2.37. The molecule has 1 aromatic heterocycles. The number of hydrogen-bond acceptors (Lipinski definition) is 4. The van der Waals surface area contributed by atoms with Crippen LogP contribution in [0.5, 0.6) is 0 Å². The molecule has 0 aliphatic carbocycles. The third-order valence-corrected chi connectivity index (χ3v) is 5.03. The number of hydrogen-bond donors (Lipinski definition) is 3. The van der Waals surface area contributed by atoms with Gasteiger partial charge in [0.25, 0.3) is 0 Å². The van der Waals surface area contributed by atoms with Crippen molar-refractivity contribution in [3.8, 4) is 0 Å². The molecule has 0 bridgehead atoms. The monoisotopic (exact) mass is 393 g/mol. The van der Waals surface area contributed by atoms with Gasteiger partial charge >= 0.3 is 0 Å².